The Hall–Kier alpha value is -0.120. The van der Waals surface area contributed by atoms with E-state index >= 15 is 0 Å². The molecule has 0 aliphatic carbocycles. The van der Waals surface area contributed by atoms with E-state index in [2.05, 4.69) is 24.5 Å². The first-order valence-corrected chi connectivity index (χ1v) is 4.78. The zero-order chi connectivity index (χ0) is 8.66. The molecule has 2 aliphatic heterocycles. The molecule has 1 atom stereocenters. The molecule has 2 fully saturated rings. The monoisotopic (exact) mass is 170 g/mol. The fourth-order valence-corrected chi connectivity index (χ4v) is 2.11. The van der Waals surface area contributed by atoms with Gasteiger partial charge < -0.3 is 10.1 Å². The fraction of sp³-hybridized carbons (Fsp3) is 1.00. The van der Waals surface area contributed by atoms with Crippen LogP contribution in [0.3, 0.4) is 0 Å². The van der Waals surface area contributed by atoms with Gasteiger partial charge in [-0.2, -0.15) is 0 Å². The second-order valence-electron chi connectivity index (χ2n) is 4.46. The first-order chi connectivity index (χ1) is 5.62. The average molecular weight is 170 g/mol. The van der Waals surface area contributed by atoms with E-state index in [1.165, 1.54) is 0 Å². The van der Waals surface area contributed by atoms with Gasteiger partial charge in [0.1, 0.15) is 5.72 Å². The first-order valence-electron chi connectivity index (χ1n) is 4.78. The van der Waals surface area contributed by atoms with Crippen molar-refractivity contribution < 1.29 is 4.74 Å². The third-order valence-electron chi connectivity index (χ3n) is 2.76. The standard InChI is InChI=1S/C9H18N2O/c1-8(2)3-6-11-9(12-8)4-5-10-7-9/h10-11H,3-7H2,1-2H3. The lowest BCUT2D eigenvalue weighted by Gasteiger charge is -2.43. The summed E-state index contributed by atoms with van der Waals surface area (Å²) in [7, 11) is 0. The SMILES string of the molecule is CC1(C)CCNC2(CCNC2)O1. The van der Waals surface area contributed by atoms with Crippen LogP contribution in [0.5, 0.6) is 0 Å². The summed E-state index contributed by atoms with van der Waals surface area (Å²) < 4.78 is 6.05. The van der Waals surface area contributed by atoms with Gasteiger partial charge in [0.25, 0.3) is 0 Å². The van der Waals surface area contributed by atoms with Gasteiger partial charge in [0.15, 0.2) is 0 Å². The van der Waals surface area contributed by atoms with E-state index in [1.807, 2.05) is 0 Å². The Balaban J connectivity index is 2.07. The van der Waals surface area contributed by atoms with E-state index in [0.29, 0.717) is 0 Å². The molecule has 0 aromatic heterocycles. The highest BCUT2D eigenvalue weighted by Gasteiger charge is 2.42. The molecule has 3 heteroatoms. The van der Waals surface area contributed by atoms with Gasteiger partial charge in [0.05, 0.1) is 5.60 Å². The third kappa shape index (κ3) is 1.49. The van der Waals surface area contributed by atoms with Crippen molar-refractivity contribution in [3.63, 3.8) is 0 Å². The van der Waals surface area contributed by atoms with Crippen molar-refractivity contribution in [2.24, 2.45) is 0 Å². The van der Waals surface area contributed by atoms with Gasteiger partial charge in [-0.1, -0.05) is 0 Å². The zero-order valence-corrected chi connectivity index (χ0v) is 7.94. The molecule has 0 amide bonds. The summed E-state index contributed by atoms with van der Waals surface area (Å²) >= 11 is 0. The van der Waals surface area contributed by atoms with Gasteiger partial charge in [-0.15, -0.1) is 0 Å². The molecule has 0 saturated carbocycles. The highest BCUT2D eigenvalue weighted by molar-refractivity contribution is 4.94. The van der Waals surface area contributed by atoms with Crippen LogP contribution in [0.25, 0.3) is 0 Å². The van der Waals surface area contributed by atoms with Gasteiger partial charge in [-0.25, -0.2) is 0 Å². The van der Waals surface area contributed by atoms with Crippen molar-refractivity contribution in [3.05, 3.63) is 0 Å². The maximum Gasteiger partial charge on any atom is 0.133 e. The first kappa shape index (κ1) is 8.48. The molecule has 1 unspecified atom stereocenters. The number of ether oxygens (including phenoxy) is 1. The molecular formula is C9H18N2O. The molecule has 2 saturated heterocycles. The Labute approximate surface area is 73.9 Å². The second-order valence-corrected chi connectivity index (χ2v) is 4.46. The van der Waals surface area contributed by atoms with Crippen molar-refractivity contribution in [1.82, 2.24) is 10.6 Å². The highest BCUT2D eigenvalue weighted by atomic mass is 16.5. The Kier molecular flexibility index (Phi) is 1.90. The lowest BCUT2D eigenvalue weighted by Crippen LogP contribution is -2.59. The molecule has 3 nitrogen and oxygen atoms in total. The van der Waals surface area contributed by atoms with Crippen molar-refractivity contribution in [2.75, 3.05) is 19.6 Å². The summed E-state index contributed by atoms with van der Waals surface area (Å²) in [4.78, 5) is 0. The van der Waals surface area contributed by atoms with E-state index in [9.17, 15) is 0 Å². The van der Waals surface area contributed by atoms with Crippen LogP contribution < -0.4 is 10.6 Å². The minimum Gasteiger partial charge on any atom is -0.353 e. The summed E-state index contributed by atoms with van der Waals surface area (Å²) in [6, 6.07) is 0. The lowest BCUT2D eigenvalue weighted by molar-refractivity contribution is -0.174. The van der Waals surface area contributed by atoms with E-state index in [0.717, 1.165) is 32.5 Å². The van der Waals surface area contributed by atoms with E-state index in [4.69, 9.17) is 4.74 Å². The van der Waals surface area contributed by atoms with Gasteiger partial charge in [0.2, 0.25) is 0 Å². The van der Waals surface area contributed by atoms with E-state index in [1.54, 1.807) is 0 Å². The smallest absolute Gasteiger partial charge is 0.133 e. The van der Waals surface area contributed by atoms with Crippen LogP contribution in [0.2, 0.25) is 0 Å². The summed E-state index contributed by atoms with van der Waals surface area (Å²) in [5.74, 6) is 0. The Morgan fingerprint density at radius 3 is 2.58 bits per heavy atom. The minimum atomic E-state index is -0.0538. The van der Waals surface area contributed by atoms with Crippen molar-refractivity contribution >= 4 is 0 Å². The third-order valence-corrected chi connectivity index (χ3v) is 2.76. The Bertz CT molecular complexity index is 173. The van der Waals surface area contributed by atoms with Crippen LogP contribution in [0, 0.1) is 0 Å². The van der Waals surface area contributed by atoms with Gasteiger partial charge in [0, 0.05) is 19.5 Å². The molecule has 1 spiro atoms. The molecule has 2 aliphatic rings. The average Bonchev–Trinajstić information content (AvgIpc) is 2.34. The number of nitrogens with one attached hydrogen (secondary N) is 2. The van der Waals surface area contributed by atoms with Crippen LogP contribution >= 0.6 is 0 Å². The van der Waals surface area contributed by atoms with Gasteiger partial charge in [-0.3, -0.25) is 5.32 Å². The molecule has 2 N–H and O–H groups in total. The molecule has 2 heterocycles. The quantitative estimate of drug-likeness (QED) is 0.554. The number of hydrogen-bond donors (Lipinski definition) is 2. The maximum absolute atomic E-state index is 6.05. The van der Waals surface area contributed by atoms with Crippen LogP contribution in [0.15, 0.2) is 0 Å². The summed E-state index contributed by atoms with van der Waals surface area (Å²) in [6.07, 6.45) is 2.20. The maximum atomic E-state index is 6.05. The van der Waals surface area contributed by atoms with Gasteiger partial charge in [-0.05, 0) is 26.8 Å². The highest BCUT2D eigenvalue weighted by Crippen LogP contribution is 2.29. The summed E-state index contributed by atoms with van der Waals surface area (Å²) in [5.41, 5.74) is -0.000972. The van der Waals surface area contributed by atoms with Crippen molar-refractivity contribution in [1.29, 1.82) is 0 Å². The number of hydrogen-bond acceptors (Lipinski definition) is 3. The van der Waals surface area contributed by atoms with E-state index < -0.39 is 0 Å². The van der Waals surface area contributed by atoms with Crippen LogP contribution in [-0.4, -0.2) is 31.0 Å². The summed E-state index contributed by atoms with van der Waals surface area (Å²) in [5, 5.41) is 6.80. The van der Waals surface area contributed by atoms with Crippen LogP contribution in [-0.2, 0) is 4.74 Å². The topological polar surface area (TPSA) is 33.3 Å². The molecular weight excluding hydrogens is 152 g/mol. The molecule has 0 aromatic rings. The fourth-order valence-electron chi connectivity index (χ4n) is 2.11. The molecule has 0 aromatic carbocycles. The molecule has 0 radical (unpaired) electrons. The largest absolute Gasteiger partial charge is 0.353 e. The van der Waals surface area contributed by atoms with Gasteiger partial charge >= 0.3 is 0 Å². The summed E-state index contributed by atoms with van der Waals surface area (Å²) in [6.45, 7) is 7.45. The predicted molar refractivity (Wildman–Crippen MR) is 48.0 cm³/mol. The van der Waals surface area contributed by atoms with Crippen molar-refractivity contribution in [3.8, 4) is 0 Å². The second kappa shape index (κ2) is 2.69. The molecule has 70 valence electrons. The lowest BCUT2D eigenvalue weighted by atomic mass is 9.99. The Morgan fingerprint density at radius 1 is 1.17 bits per heavy atom. The molecule has 0 bridgehead atoms. The normalized spacial score (nSPS) is 40.5. The Morgan fingerprint density at radius 2 is 2.00 bits per heavy atom. The molecule has 12 heavy (non-hydrogen) atoms. The number of rotatable bonds is 0. The van der Waals surface area contributed by atoms with Crippen molar-refractivity contribution in [2.45, 2.75) is 38.0 Å². The van der Waals surface area contributed by atoms with E-state index in [-0.39, 0.29) is 11.3 Å². The zero-order valence-electron chi connectivity index (χ0n) is 7.94. The predicted octanol–water partition coefficient (Wildman–Crippen LogP) is 0.464. The van der Waals surface area contributed by atoms with Crippen LogP contribution in [0.1, 0.15) is 26.7 Å². The minimum absolute atomic E-state index is 0.0528. The van der Waals surface area contributed by atoms with Crippen LogP contribution in [0.4, 0.5) is 0 Å². The molecule has 2 rings (SSSR count).